The summed E-state index contributed by atoms with van der Waals surface area (Å²) in [6, 6.07) is 8.18. The van der Waals surface area contributed by atoms with Crippen LogP contribution < -0.4 is 5.73 Å². The number of rotatable bonds is 3. The standard InChI is InChI=1S/C11H10ClNO2S2/c12-9-4-3-8(6-10(9)13)7-17(14,15)11-2-1-5-16-11/h1-6H,7,13H2. The van der Waals surface area contributed by atoms with Gasteiger partial charge in [-0.3, -0.25) is 0 Å². The fourth-order valence-corrected chi connectivity index (χ4v) is 3.96. The molecule has 1 aromatic carbocycles. The first-order valence-corrected chi connectivity index (χ1v) is 7.70. The van der Waals surface area contributed by atoms with E-state index in [1.54, 1.807) is 35.7 Å². The molecule has 0 spiro atoms. The van der Waals surface area contributed by atoms with Crippen molar-refractivity contribution in [1.29, 1.82) is 0 Å². The van der Waals surface area contributed by atoms with Crippen molar-refractivity contribution in [1.82, 2.24) is 0 Å². The smallest absolute Gasteiger partial charge is 0.191 e. The van der Waals surface area contributed by atoms with Gasteiger partial charge in [-0.25, -0.2) is 8.42 Å². The van der Waals surface area contributed by atoms with Gasteiger partial charge in [0.15, 0.2) is 9.84 Å². The fourth-order valence-electron chi connectivity index (χ4n) is 1.41. The van der Waals surface area contributed by atoms with Gasteiger partial charge in [0, 0.05) is 0 Å². The van der Waals surface area contributed by atoms with Crippen molar-refractivity contribution >= 4 is 38.5 Å². The number of benzene rings is 1. The van der Waals surface area contributed by atoms with Crippen molar-refractivity contribution in [3.63, 3.8) is 0 Å². The molecule has 6 heteroatoms. The molecule has 3 nitrogen and oxygen atoms in total. The number of nitrogen functional groups attached to an aromatic ring is 1. The van der Waals surface area contributed by atoms with E-state index in [1.165, 1.54) is 11.3 Å². The summed E-state index contributed by atoms with van der Waals surface area (Å²) in [4.78, 5) is 0. The second kappa shape index (κ2) is 4.68. The third kappa shape index (κ3) is 2.80. The highest BCUT2D eigenvalue weighted by Gasteiger charge is 2.16. The molecule has 0 bridgehead atoms. The minimum absolute atomic E-state index is 0.0606. The van der Waals surface area contributed by atoms with E-state index in [4.69, 9.17) is 17.3 Å². The Morgan fingerprint density at radius 3 is 2.65 bits per heavy atom. The summed E-state index contributed by atoms with van der Waals surface area (Å²) in [7, 11) is -3.28. The van der Waals surface area contributed by atoms with Crippen LogP contribution in [-0.2, 0) is 15.6 Å². The minimum atomic E-state index is -3.28. The Hall–Kier alpha value is -1.04. The molecule has 2 N–H and O–H groups in total. The van der Waals surface area contributed by atoms with Crippen molar-refractivity contribution in [2.45, 2.75) is 9.96 Å². The van der Waals surface area contributed by atoms with E-state index in [0.29, 0.717) is 20.5 Å². The molecule has 1 aromatic heterocycles. The van der Waals surface area contributed by atoms with Gasteiger partial charge in [-0.05, 0) is 29.1 Å². The number of anilines is 1. The lowest BCUT2D eigenvalue weighted by Crippen LogP contribution is -2.03. The normalized spacial score (nSPS) is 11.6. The second-order valence-corrected chi connectivity index (χ2v) is 7.12. The van der Waals surface area contributed by atoms with Gasteiger partial charge in [-0.2, -0.15) is 0 Å². The van der Waals surface area contributed by atoms with Crippen molar-refractivity contribution in [2.75, 3.05) is 5.73 Å². The zero-order chi connectivity index (χ0) is 12.5. The summed E-state index contributed by atoms with van der Waals surface area (Å²) >= 11 is 6.99. The van der Waals surface area contributed by atoms with E-state index in [2.05, 4.69) is 0 Å². The SMILES string of the molecule is Nc1cc(CS(=O)(=O)c2cccs2)ccc1Cl. The van der Waals surface area contributed by atoms with Crippen LogP contribution in [0.4, 0.5) is 5.69 Å². The molecule has 0 amide bonds. The van der Waals surface area contributed by atoms with Gasteiger partial charge < -0.3 is 5.73 Å². The molecule has 0 aliphatic rings. The Morgan fingerprint density at radius 2 is 2.06 bits per heavy atom. The van der Waals surface area contributed by atoms with E-state index in [0.717, 1.165) is 0 Å². The van der Waals surface area contributed by atoms with Gasteiger partial charge in [0.1, 0.15) is 4.21 Å². The molecule has 0 atom stereocenters. The molecular formula is C11H10ClNO2S2. The van der Waals surface area contributed by atoms with Crippen molar-refractivity contribution < 1.29 is 8.42 Å². The van der Waals surface area contributed by atoms with Crippen LogP contribution in [0.1, 0.15) is 5.56 Å². The van der Waals surface area contributed by atoms with Gasteiger partial charge in [0.25, 0.3) is 0 Å². The van der Waals surface area contributed by atoms with Gasteiger partial charge in [-0.1, -0.05) is 23.7 Å². The first-order chi connectivity index (χ1) is 7.99. The van der Waals surface area contributed by atoms with E-state index < -0.39 is 9.84 Å². The topological polar surface area (TPSA) is 60.2 Å². The number of halogens is 1. The van der Waals surface area contributed by atoms with E-state index in [1.807, 2.05) is 0 Å². The summed E-state index contributed by atoms with van der Waals surface area (Å²) in [5.74, 6) is -0.0606. The molecule has 0 saturated heterocycles. The lowest BCUT2D eigenvalue weighted by molar-refractivity contribution is 0.597. The Labute approximate surface area is 109 Å². The second-order valence-electron chi connectivity index (χ2n) is 3.55. The average Bonchev–Trinajstić information content (AvgIpc) is 2.77. The molecule has 0 aliphatic carbocycles. The molecule has 1 heterocycles. The van der Waals surface area contributed by atoms with Crippen molar-refractivity contribution in [3.05, 3.63) is 46.3 Å². The summed E-state index contributed by atoms with van der Waals surface area (Å²) in [5.41, 5.74) is 6.67. The molecule has 0 fully saturated rings. The first kappa shape index (κ1) is 12.4. The number of thiophene rings is 1. The maximum absolute atomic E-state index is 12.0. The van der Waals surface area contributed by atoms with Gasteiger partial charge in [-0.15, -0.1) is 11.3 Å². The Morgan fingerprint density at radius 1 is 1.29 bits per heavy atom. The van der Waals surface area contributed by atoms with Crippen LogP contribution in [0.15, 0.2) is 39.9 Å². The molecule has 2 rings (SSSR count). The molecule has 17 heavy (non-hydrogen) atoms. The maximum Gasteiger partial charge on any atom is 0.191 e. The Bertz CT molecular complexity index is 621. The van der Waals surface area contributed by atoms with Crippen LogP contribution in [-0.4, -0.2) is 8.42 Å². The van der Waals surface area contributed by atoms with Gasteiger partial charge in [0.05, 0.1) is 16.5 Å². The molecule has 90 valence electrons. The number of hydrogen-bond donors (Lipinski definition) is 1. The Balaban J connectivity index is 2.30. The molecule has 0 radical (unpaired) electrons. The highest BCUT2D eigenvalue weighted by Crippen LogP contribution is 2.24. The van der Waals surface area contributed by atoms with Crippen LogP contribution in [0.5, 0.6) is 0 Å². The minimum Gasteiger partial charge on any atom is -0.398 e. The summed E-state index contributed by atoms with van der Waals surface area (Å²) in [6.45, 7) is 0. The molecule has 2 aromatic rings. The highest BCUT2D eigenvalue weighted by atomic mass is 35.5. The zero-order valence-electron chi connectivity index (χ0n) is 8.76. The lowest BCUT2D eigenvalue weighted by Gasteiger charge is -2.04. The maximum atomic E-state index is 12.0. The Kier molecular flexibility index (Phi) is 3.42. The predicted octanol–water partition coefficient (Wildman–Crippen LogP) is 2.96. The molecule has 0 unspecified atom stereocenters. The average molecular weight is 288 g/mol. The van der Waals surface area contributed by atoms with Crippen LogP contribution in [0, 0.1) is 0 Å². The van der Waals surface area contributed by atoms with Crippen molar-refractivity contribution in [3.8, 4) is 0 Å². The number of hydrogen-bond acceptors (Lipinski definition) is 4. The van der Waals surface area contributed by atoms with Crippen LogP contribution in [0.3, 0.4) is 0 Å². The molecule has 0 aliphatic heterocycles. The van der Waals surface area contributed by atoms with E-state index in [-0.39, 0.29) is 5.75 Å². The fraction of sp³-hybridized carbons (Fsp3) is 0.0909. The summed E-state index contributed by atoms with van der Waals surface area (Å²) < 4.78 is 24.4. The van der Waals surface area contributed by atoms with Gasteiger partial charge >= 0.3 is 0 Å². The van der Waals surface area contributed by atoms with Gasteiger partial charge in [0.2, 0.25) is 0 Å². The zero-order valence-corrected chi connectivity index (χ0v) is 11.1. The third-order valence-corrected chi connectivity index (χ3v) is 5.74. The molecule has 0 saturated carbocycles. The van der Waals surface area contributed by atoms with Crippen LogP contribution in [0.25, 0.3) is 0 Å². The van der Waals surface area contributed by atoms with Crippen LogP contribution in [0.2, 0.25) is 5.02 Å². The van der Waals surface area contributed by atoms with Crippen LogP contribution >= 0.6 is 22.9 Å². The number of sulfone groups is 1. The first-order valence-electron chi connectivity index (χ1n) is 4.79. The highest BCUT2D eigenvalue weighted by molar-refractivity contribution is 7.92. The number of nitrogens with two attached hydrogens (primary N) is 1. The largest absolute Gasteiger partial charge is 0.398 e. The molecular weight excluding hydrogens is 278 g/mol. The van der Waals surface area contributed by atoms with E-state index >= 15 is 0 Å². The quantitative estimate of drug-likeness (QED) is 0.883. The summed E-state index contributed by atoms with van der Waals surface area (Å²) in [5, 5.41) is 2.17. The predicted molar refractivity (Wildman–Crippen MR) is 71.1 cm³/mol. The summed E-state index contributed by atoms with van der Waals surface area (Å²) in [6.07, 6.45) is 0. The monoisotopic (exact) mass is 287 g/mol. The lowest BCUT2D eigenvalue weighted by atomic mass is 10.2. The van der Waals surface area contributed by atoms with Crippen molar-refractivity contribution in [2.24, 2.45) is 0 Å². The van der Waals surface area contributed by atoms with E-state index in [9.17, 15) is 8.42 Å². The third-order valence-electron chi connectivity index (χ3n) is 2.22.